The van der Waals surface area contributed by atoms with E-state index in [4.69, 9.17) is 10.5 Å². The zero-order valence-corrected chi connectivity index (χ0v) is 13.2. The third-order valence-corrected chi connectivity index (χ3v) is 3.25. The third-order valence-electron chi connectivity index (χ3n) is 3.25. The van der Waals surface area contributed by atoms with Gasteiger partial charge in [-0.25, -0.2) is 4.79 Å². The topological polar surface area (TPSA) is 102 Å². The van der Waals surface area contributed by atoms with Crippen LogP contribution in [0.4, 0.5) is 0 Å². The maximum atomic E-state index is 12.0. The van der Waals surface area contributed by atoms with Gasteiger partial charge in [0.15, 0.2) is 0 Å². The number of carboxylic acids is 1. The fraction of sp³-hybridized carbons (Fsp3) is 0.500. The smallest absolute Gasteiger partial charge is 0.326 e. The summed E-state index contributed by atoms with van der Waals surface area (Å²) < 4.78 is 5.11. The molecule has 0 saturated carbocycles. The molecule has 6 heteroatoms. The van der Waals surface area contributed by atoms with Crippen molar-refractivity contribution in [3.05, 3.63) is 29.8 Å². The number of carboxylic acid groups (broad SMARTS) is 1. The van der Waals surface area contributed by atoms with Crippen LogP contribution in [0.1, 0.15) is 25.8 Å². The highest BCUT2D eigenvalue weighted by Crippen LogP contribution is 2.14. The number of nitrogens with two attached hydrogens (primary N) is 1. The Morgan fingerprint density at radius 2 is 2.05 bits per heavy atom. The van der Waals surface area contributed by atoms with Crippen molar-refractivity contribution in [2.45, 2.75) is 38.8 Å². The highest BCUT2D eigenvalue weighted by molar-refractivity contribution is 5.86. The number of hydrogen-bond acceptors (Lipinski definition) is 4. The predicted octanol–water partition coefficient (Wildman–Crippen LogP) is 1.18. The number of nitrogens with one attached hydrogen (secondary N) is 1. The first kappa shape index (κ1) is 18.0. The molecule has 6 nitrogen and oxygen atoms in total. The molecule has 0 aliphatic heterocycles. The van der Waals surface area contributed by atoms with Crippen molar-refractivity contribution >= 4 is 11.9 Å². The van der Waals surface area contributed by atoms with Crippen LogP contribution in [0.25, 0.3) is 0 Å². The van der Waals surface area contributed by atoms with Gasteiger partial charge in [-0.2, -0.15) is 0 Å². The third kappa shape index (κ3) is 5.73. The minimum atomic E-state index is -1.09. The van der Waals surface area contributed by atoms with Gasteiger partial charge in [0.25, 0.3) is 0 Å². The van der Waals surface area contributed by atoms with E-state index >= 15 is 0 Å². The zero-order valence-electron chi connectivity index (χ0n) is 13.2. The lowest BCUT2D eigenvalue weighted by molar-refractivity contribution is -0.142. The SMILES string of the molecule is COc1cccc(C[C@@H](NC(=O)[C@@H](N)CC(C)C)C(=O)O)c1. The van der Waals surface area contributed by atoms with E-state index in [2.05, 4.69) is 5.32 Å². The van der Waals surface area contributed by atoms with Gasteiger partial charge in [-0.1, -0.05) is 26.0 Å². The van der Waals surface area contributed by atoms with Gasteiger partial charge >= 0.3 is 5.97 Å². The molecule has 0 aromatic heterocycles. The summed E-state index contributed by atoms with van der Waals surface area (Å²) in [5, 5.41) is 11.8. The van der Waals surface area contributed by atoms with E-state index in [1.807, 2.05) is 13.8 Å². The van der Waals surface area contributed by atoms with Crippen LogP contribution in [-0.4, -0.2) is 36.2 Å². The fourth-order valence-electron chi connectivity index (χ4n) is 2.13. The largest absolute Gasteiger partial charge is 0.497 e. The average Bonchev–Trinajstić information content (AvgIpc) is 2.45. The van der Waals surface area contributed by atoms with Gasteiger partial charge in [-0.15, -0.1) is 0 Å². The summed E-state index contributed by atoms with van der Waals surface area (Å²) in [7, 11) is 1.54. The molecule has 0 spiro atoms. The Morgan fingerprint density at radius 1 is 1.36 bits per heavy atom. The standard InChI is InChI=1S/C16H24N2O4/c1-10(2)7-13(17)15(19)18-14(16(20)21)9-11-5-4-6-12(8-11)22-3/h4-6,8,10,13-14H,7,9,17H2,1-3H3,(H,18,19)(H,20,21)/t13-,14+/m0/s1. The second-order valence-corrected chi connectivity index (χ2v) is 5.69. The minimum absolute atomic E-state index is 0.173. The Labute approximate surface area is 130 Å². The number of ether oxygens (including phenoxy) is 1. The minimum Gasteiger partial charge on any atom is -0.497 e. The van der Waals surface area contributed by atoms with E-state index in [0.717, 1.165) is 5.56 Å². The van der Waals surface area contributed by atoms with Crippen LogP contribution in [0.2, 0.25) is 0 Å². The van der Waals surface area contributed by atoms with Crippen LogP contribution in [0.5, 0.6) is 5.75 Å². The molecule has 0 heterocycles. The number of amides is 1. The summed E-state index contributed by atoms with van der Waals surface area (Å²) in [6.45, 7) is 3.91. The normalized spacial score (nSPS) is 13.5. The summed E-state index contributed by atoms with van der Waals surface area (Å²) >= 11 is 0. The molecule has 1 rings (SSSR count). The van der Waals surface area contributed by atoms with Gasteiger partial charge < -0.3 is 20.9 Å². The van der Waals surface area contributed by atoms with Crippen molar-refractivity contribution in [1.82, 2.24) is 5.32 Å². The Kier molecular flexibility index (Phi) is 6.85. The summed E-state index contributed by atoms with van der Waals surface area (Å²) in [6, 6.07) is 5.37. The lowest BCUT2D eigenvalue weighted by Crippen LogP contribution is -2.49. The number of benzene rings is 1. The van der Waals surface area contributed by atoms with Gasteiger partial charge in [-0.05, 0) is 30.0 Å². The maximum Gasteiger partial charge on any atom is 0.326 e. The second-order valence-electron chi connectivity index (χ2n) is 5.69. The van der Waals surface area contributed by atoms with Crippen molar-refractivity contribution in [2.24, 2.45) is 11.7 Å². The molecule has 0 unspecified atom stereocenters. The summed E-state index contributed by atoms with van der Waals surface area (Å²) in [6.07, 6.45) is 0.685. The van der Waals surface area contributed by atoms with Gasteiger partial charge in [0.05, 0.1) is 13.2 Å². The number of carbonyl (C=O) groups excluding carboxylic acids is 1. The molecule has 0 radical (unpaired) electrons. The summed E-state index contributed by atoms with van der Waals surface area (Å²) in [4.78, 5) is 23.3. The van der Waals surface area contributed by atoms with Crippen LogP contribution in [0, 0.1) is 5.92 Å². The van der Waals surface area contributed by atoms with Crippen LogP contribution in [-0.2, 0) is 16.0 Å². The Balaban J connectivity index is 2.73. The van der Waals surface area contributed by atoms with Gasteiger partial charge in [-0.3, -0.25) is 4.79 Å². The highest BCUT2D eigenvalue weighted by atomic mass is 16.5. The first-order chi connectivity index (χ1) is 10.3. The van der Waals surface area contributed by atoms with Gasteiger partial charge in [0.2, 0.25) is 5.91 Å². The monoisotopic (exact) mass is 308 g/mol. The lowest BCUT2D eigenvalue weighted by Gasteiger charge is -2.19. The van der Waals surface area contributed by atoms with Gasteiger partial charge in [0, 0.05) is 6.42 Å². The molecular weight excluding hydrogens is 284 g/mol. The molecule has 0 aliphatic carbocycles. The van der Waals surface area contributed by atoms with E-state index in [1.54, 1.807) is 31.4 Å². The van der Waals surface area contributed by atoms with Crippen LogP contribution in [0.3, 0.4) is 0 Å². The molecule has 0 fully saturated rings. The predicted molar refractivity (Wildman–Crippen MR) is 83.7 cm³/mol. The molecule has 0 bridgehead atoms. The van der Waals surface area contributed by atoms with Crippen molar-refractivity contribution in [2.75, 3.05) is 7.11 Å². The lowest BCUT2D eigenvalue weighted by atomic mass is 10.0. The van der Waals surface area contributed by atoms with E-state index in [-0.39, 0.29) is 12.3 Å². The number of methoxy groups -OCH3 is 1. The summed E-state index contributed by atoms with van der Waals surface area (Å²) in [5.41, 5.74) is 6.55. The van der Waals surface area contributed by atoms with E-state index in [0.29, 0.717) is 12.2 Å². The molecule has 0 aliphatic rings. The van der Waals surface area contributed by atoms with Crippen molar-refractivity contribution in [3.8, 4) is 5.75 Å². The first-order valence-corrected chi connectivity index (χ1v) is 7.25. The van der Waals surface area contributed by atoms with Crippen molar-refractivity contribution in [3.63, 3.8) is 0 Å². The van der Waals surface area contributed by atoms with Crippen molar-refractivity contribution in [1.29, 1.82) is 0 Å². The van der Waals surface area contributed by atoms with Gasteiger partial charge in [0.1, 0.15) is 11.8 Å². The first-order valence-electron chi connectivity index (χ1n) is 7.25. The molecule has 0 saturated heterocycles. The quantitative estimate of drug-likeness (QED) is 0.669. The second kappa shape index (κ2) is 8.38. The van der Waals surface area contributed by atoms with E-state index in [1.165, 1.54) is 0 Å². The molecule has 22 heavy (non-hydrogen) atoms. The Morgan fingerprint density at radius 3 is 2.59 bits per heavy atom. The van der Waals surface area contributed by atoms with Crippen molar-refractivity contribution < 1.29 is 19.4 Å². The number of aliphatic carboxylic acids is 1. The Hall–Kier alpha value is -2.08. The van der Waals surface area contributed by atoms with E-state index < -0.39 is 24.0 Å². The molecule has 1 amide bonds. The van der Waals surface area contributed by atoms with Crippen LogP contribution in [0.15, 0.2) is 24.3 Å². The average molecular weight is 308 g/mol. The molecule has 4 N–H and O–H groups in total. The molecular formula is C16H24N2O4. The number of hydrogen-bond donors (Lipinski definition) is 3. The molecule has 122 valence electrons. The van der Waals surface area contributed by atoms with Crippen LogP contribution < -0.4 is 15.8 Å². The number of carbonyl (C=O) groups is 2. The van der Waals surface area contributed by atoms with Crippen LogP contribution >= 0.6 is 0 Å². The maximum absolute atomic E-state index is 12.0. The highest BCUT2D eigenvalue weighted by Gasteiger charge is 2.24. The van der Waals surface area contributed by atoms with E-state index in [9.17, 15) is 14.7 Å². The fourth-order valence-corrected chi connectivity index (χ4v) is 2.13. The molecule has 1 aromatic carbocycles. The molecule has 2 atom stereocenters. The number of rotatable bonds is 8. The Bertz CT molecular complexity index is 517. The molecule has 1 aromatic rings. The zero-order chi connectivity index (χ0) is 16.7. The summed E-state index contributed by atoms with van der Waals surface area (Å²) in [5.74, 6) is -0.621.